The topological polar surface area (TPSA) is 75.4 Å². The summed E-state index contributed by atoms with van der Waals surface area (Å²) in [4.78, 5) is 12.5. The first-order chi connectivity index (χ1) is 13.8. The summed E-state index contributed by atoms with van der Waals surface area (Å²) >= 11 is 1.29. The van der Waals surface area contributed by atoms with Crippen molar-refractivity contribution >= 4 is 23.4 Å². The number of aromatic nitrogens is 1. The van der Waals surface area contributed by atoms with E-state index in [4.69, 9.17) is 4.52 Å². The van der Waals surface area contributed by atoms with Crippen LogP contribution in [0.15, 0.2) is 64.0 Å². The number of amides is 1. The van der Waals surface area contributed by atoms with E-state index in [-0.39, 0.29) is 68.4 Å². The number of benzene rings is 2. The molecule has 1 amide bonds. The molecule has 2 aromatic carbocycles. The molecule has 154 valence electrons. The third-order valence-corrected chi connectivity index (χ3v) is 4.73. The van der Waals surface area contributed by atoms with E-state index in [9.17, 15) is 14.3 Å². The molecule has 2 N–H and O–H groups in total. The van der Waals surface area contributed by atoms with Crippen LogP contribution in [0.25, 0.3) is 0 Å². The molecule has 8 heteroatoms. The molecule has 0 aliphatic rings. The van der Waals surface area contributed by atoms with Crippen LogP contribution in [0.5, 0.6) is 0 Å². The number of carbonyl (C=O) groups is 1. The Bertz CT molecular complexity index is 870. The molecular weight excluding hydrogens is 430 g/mol. The van der Waals surface area contributed by atoms with Gasteiger partial charge in [0, 0.05) is 10.6 Å². The largest absolute Gasteiger partial charge is 1.00 e. The summed E-state index contributed by atoms with van der Waals surface area (Å²) in [5.41, 5.74) is 0.673. The zero-order valence-corrected chi connectivity index (χ0v) is 21.4. The molecule has 0 aliphatic heterocycles. The Labute approximate surface area is 223 Å². The van der Waals surface area contributed by atoms with E-state index in [1.807, 2.05) is 0 Å². The summed E-state index contributed by atoms with van der Waals surface area (Å²) < 4.78 is 17.6. The van der Waals surface area contributed by atoms with Gasteiger partial charge >= 0.3 is 51.4 Å². The number of anilines is 1. The van der Waals surface area contributed by atoms with Gasteiger partial charge in [-0.2, -0.15) is 24.3 Å². The van der Waals surface area contributed by atoms with Crippen LogP contribution in [0.4, 0.5) is 10.1 Å². The van der Waals surface area contributed by atoms with Crippen molar-refractivity contribution in [2.45, 2.75) is 37.2 Å². The Morgan fingerprint density at radius 1 is 1.23 bits per heavy atom. The number of aliphatic hydroxyl groups is 1. The van der Waals surface area contributed by atoms with Gasteiger partial charge < -0.3 is 14.9 Å². The van der Waals surface area contributed by atoms with Gasteiger partial charge in [0.2, 0.25) is 0 Å². The Kier molecular flexibility index (Phi) is 12.1. The molecule has 5 nitrogen and oxygen atoms in total. The molecule has 0 saturated heterocycles. The molecule has 3 aromatic rings. The van der Waals surface area contributed by atoms with E-state index < -0.39 is 12.0 Å². The Morgan fingerprint density at radius 3 is 2.37 bits per heavy atom. The van der Waals surface area contributed by atoms with Gasteiger partial charge in [-0.05, 0) is 35.4 Å². The number of thioether (sulfide) groups is 1. The van der Waals surface area contributed by atoms with Gasteiger partial charge in [0.15, 0.2) is 0 Å². The predicted octanol–water partition coefficient (Wildman–Crippen LogP) is 1.49. The molecule has 0 radical (unpaired) electrons. The van der Waals surface area contributed by atoms with Crippen LogP contribution in [0.2, 0.25) is 0 Å². The maximum Gasteiger partial charge on any atom is 1.00 e. The molecule has 0 bridgehead atoms. The van der Waals surface area contributed by atoms with E-state index in [0.717, 1.165) is 10.7 Å². The minimum atomic E-state index is -1.13. The van der Waals surface area contributed by atoms with Crippen molar-refractivity contribution in [3.63, 3.8) is 0 Å². The van der Waals surface area contributed by atoms with Gasteiger partial charge in [0.25, 0.3) is 5.91 Å². The number of hydrogen-bond donors (Lipinski definition) is 2. The summed E-state index contributed by atoms with van der Waals surface area (Å²) in [6, 6.07) is 17.2. The van der Waals surface area contributed by atoms with E-state index in [1.165, 1.54) is 23.9 Å². The molecule has 30 heavy (non-hydrogen) atoms. The number of hydrogen-bond acceptors (Lipinski definition) is 5. The molecule has 1 heterocycles. The van der Waals surface area contributed by atoms with Crippen molar-refractivity contribution in [1.29, 1.82) is 0 Å². The van der Waals surface area contributed by atoms with Gasteiger partial charge in [0.1, 0.15) is 11.9 Å². The van der Waals surface area contributed by atoms with Crippen molar-refractivity contribution in [3.8, 4) is 0 Å². The maximum atomic E-state index is 12.7. The van der Waals surface area contributed by atoms with E-state index >= 15 is 0 Å². The van der Waals surface area contributed by atoms with Gasteiger partial charge in [-0.3, -0.25) is 4.79 Å². The number of nitrogens with zero attached hydrogens (tertiary/aromatic N) is 1. The number of aliphatic hydroxyl groups excluding tert-OH is 1. The summed E-state index contributed by atoms with van der Waals surface area (Å²) in [7, 11) is 0. The van der Waals surface area contributed by atoms with Crippen molar-refractivity contribution in [2.75, 3.05) is 11.1 Å². The summed E-state index contributed by atoms with van der Waals surface area (Å²) in [6.07, 6.45) is 1.49. The fourth-order valence-electron chi connectivity index (χ4n) is 2.02. The van der Waals surface area contributed by atoms with Crippen LogP contribution in [-0.4, -0.2) is 28.0 Å². The first kappa shape index (κ1) is 27.0. The minimum absolute atomic E-state index is 0. The Morgan fingerprint density at radius 2 is 1.87 bits per heavy atom. The van der Waals surface area contributed by atoms with Crippen LogP contribution in [0.3, 0.4) is 0 Å². The number of rotatable bonds is 5. The zero-order chi connectivity index (χ0) is 21.3. The normalized spacial score (nSPS) is 11.5. The average molecular weight is 454 g/mol. The molecule has 0 aliphatic carbocycles. The number of nitrogens with one attached hydrogen (secondary N) is 1. The smallest absolute Gasteiger partial charge is 0.470 e. The molecular formula is C22H23FKN2O3S-. The average Bonchev–Trinajstić information content (AvgIpc) is 3.24. The van der Waals surface area contributed by atoms with Crippen LogP contribution in [0.1, 0.15) is 26.5 Å². The first-order valence-corrected chi connectivity index (χ1v) is 9.91. The number of carbonyl (C=O) groups excluding carboxylic acids is 1. The molecule has 0 spiro atoms. The van der Waals surface area contributed by atoms with E-state index in [2.05, 4.69) is 43.5 Å². The standard InChI is InChI=1S/C15H13FNO2S.C7H10NO.K/c16-11-6-8-13(9-7-11)20-10-14(18)15(19)17-12-4-2-1-3-5-12;1-7(2,3)6-4-5-8-9-6;/h2-9,14,18H,10H2,(H,17,19);4H,1-3H3;/q2*-1;+1/t14-;;/m0../s1. The summed E-state index contributed by atoms with van der Waals surface area (Å²) in [5.74, 6) is 0.304. The quantitative estimate of drug-likeness (QED) is 0.348. The van der Waals surface area contributed by atoms with Crippen molar-refractivity contribution in [2.24, 2.45) is 0 Å². The Balaban J connectivity index is 0.000000379. The van der Waals surface area contributed by atoms with Gasteiger partial charge in [0.05, 0.1) is 0 Å². The van der Waals surface area contributed by atoms with Gasteiger partial charge in [-0.1, -0.05) is 26.5 Å². The van der Waals surface area contributed by atoms with E-state index in [0.29, 0.717) is 5.69 Å². The maximum absolute atomic E-state index is 12.7. The van der Waals surface area contributed by atoms with Gasteiger partial charge in [-0.15, -0.1) is 30.1 Å². The SMILES string of the molecule is CC(C)(C)c1c[c-]no1.O=C(Nc1cc[c-]cc1)[C@@H](O)CSc1ccc(F)cc1.[K+]. The fourth-order valence-corrected chi connectivity index (χ4v) is 2.85. The minimum Gasteiger partial charge on any atom is -0.470 e. The second-order valence-electron chi connectivity index (χ2n) is 7.13. The summed E-state index contributed by atoms with van der Waals surface area (Å²) in [5, 5.41) is 15.9. The van der Waals surface area contributed by atoms with Crippen LogP contribution in [0, 0.1) is 18.1 Å². The third-order valence-electron chi connectivity index (χ3n) is 3.64. The first-order valence-electron chi connectivity index (χ1n) is 8.92. The van der Waals surface area contributed by atoms with Crippen molar-refractivity contribution < 1.29 is 70.2 Å². The van der Waals surface area contributed by atoms with E-state index in [1.54, 1.807) is 42.5 Å². The zero-order valence-electron chi connectivity index (χ0n) is 17.5. The van der Waals surface area contributed by atoms with Crippen molar-refractivity contribution in [3.05, 3.63) is 78.4 Å². The molecule has 0 fully saturated rings. The third kappa shape index (κ3) is 9.87. The molecule has 1 aromatic heterocycles. The van der Waals surface area contributed by atoms with Crippen LogP contribution < -0.4 is 56.7 Å². The predicted molar refractivity (Wildman–Crippen MR) is 111 cm³/mol. The fraction of sp³-hybridized carbons (Fsp3) is 0.273. The Hall–Kier alpha value is -1.00. The second kappa shape index (κ2) is 13.4. The van der Waals surface area contributed by atoms with Gasteiger partial charge in [-0.25, -0.2) is 9.55 Å². The summed E-state index contributed by atoms with van der Waals surface area (Å²) in [6.45, 7) is 6.21. The molecule has 0 unspecified atom stereocenters. The number of halogens is 1. The second-order valence-corrected chi connectivity index (χ2v) is 8.22. The van der Waals surface area contributed by atoms with Crippen LogP contribution >= 0.6 is 11.8 Å². The molecule has 3 rings (SSSR count). The van der Waals surface area contributed by atoms with Crippen molar-refractivity contribution in [1.82, 2.24) is 5.16 Å². The van der Waals surface area contributed by atoms with Crippen LogP contribution in [-0.2, 0) is 10.2 Å². The molecule has 1 atom stereocenters. The monoisotopic (exact) mass is 453 g/mol. The molecule has 0 saturated carbocycles.